The van der Waals surface area contributed by atoms with Gasteiger partial charge in [-0.15, -0.1) is 23.2 Å². The van der Waals surface area contributed by atoms with E-state index in [1.54, 1.807) is 0 Å². The number of nitrogens with one attached hydrogen (secondary N) is 1. The van der Waals surface area contributed by atoms with Crippen molar-refractivity contribution in [1.29, 1.82) is 0 Å². The van der Waals surface area contributed by atoms with Crippen molar-refractivity contribution < 1.29 is 0 Å². The van der Waals surface area contributed by atoms with Gasteiger partial charge in [-0.05, 0) is 18.9 Å². The molecule has 0 atom stereocenters. The van der Waals surface area contributed by atoms with Crippen LogP contribution >= 0.6 is 23.2 Å². The quantitative estimate of drug-likeness (QED) is 0.769. The number of halogens is 2. The number of aryl methyl sites for hydroxylation is 1. The molecule has 0 radical (unpaired) electrons. The highest BCUT2D eigenvalue weighted by molar-refractivity contribution is 6.22. The molecule has 1 N–H and O–H groups in total. The third kappa shape index (κ3) is 3.65. The van der Waals surface area contributed by atoms with Crippen molar-refractivity contribution in [3.05, 3.63) is 35.4 Å². The van der Waals surface area contributed by atoms with Crippen molar-refractivity contribution in [2.75, 3.05) is 11.8 Å². The van der Waals surface area contributed by atoms with Gasteiger partial charge in [0.05, 0.1) is 0 Å². The maximum absolute atomic E-state index is 5.97. The molecule has 0 saturated carbocycles. The average molecular weight is 260 g/mol. The average Bonchev–Trinajstić information content (AvgIpc) is 2.34. The van der Waals surface area contributed by atoms with Gasteiger partial charge in [-0.1, -0.05) is 36.8 Å². The van der Waals surface area contributed by atoms with Gasteiger partial charge in [0, 0.05) is 23.8 Å². The maximum atomic E-state index is 5.97. The van der Waals surface area contributed by atoms with E-state index in [2.05, 4.69) is 43.4 Å². The molecule has 1 aromatic carbocycles. The van der Waals surface area contributed by atoms with Gasteiger partial charge in [0.1, 0.15) is 0 Å². The Morgan fingerprint density at radius 2 is 1.69 bits per heavy atom. The van der Waals surface area contributed by atoms with E-state index in [9.17, 15) is 0 Å². The van der Waals surface area contributed by atoms with Crippen LogP contribution in [-0.4, -0.2) is 17.3 Å². The van der Waals surface area contributed by atoms with E-state index in [1.165, 1.54) is 11.1 Å². The summed E-state index contributed by atoms with van der Waals surface area (Å²) < 4.78 is 0. The summed E-state index contributed by atoms with van der Waals surface area (Å²) in [5, 5.41) is 3.45. The SMILES string of the molecule is CCC(CCl)(CCl)NCc1ccc(C)cc1. The molecule has 1 aromatic rings. The fourth-order valence-corrected chi connectivity index (χ4v) is 2.29. The summed E-state index contributed by atoms with van der Waals surface area (Å²) >= 11 is 11.9. The van der Waals surface area contributed by atoms with Crippen LogP contribution in [0.15, 0.2) is 24.3 Å². The Labute approximate surface area is 108 Å². The fraction of sp³-hybridized carbons (Fsp3) is 0.538. The number of hydrogen-bond donors (Lipinski definition) is 1. The number of hydrogen-bond acceptors (Lipinski definition) is 1. The van der Waals surface area contributed by atoms with E-state index in [4.69, 9.17) is 23.2 Å². The van der Waals surface area contributed by atoms with Crippen LogP contribution in [-0.2, 0) is 6.54 Å². The highest BCUT2D eigenvalue weighted by Gasteiger charge is 2.25. The molecule has 0 aliphatic rings. The van der Waals surface area contributed by atoms with Crippen LogP contribution in [0.2, 0.25) is 0 Å². The number of rotatable bonds is 6. The van der Waals surface area contributed by atoms with Gasteiger partial charge in [0.15, 0.2) is 0 Å². The van der Waals surface area contributed by atoms with Gasteiger partial charge >= 0.3 is 0 Å². The molecule has 0 spiro atoms. The molecule has 0 aromatic heterocycles. The first kappa shape index (κ1) is 13.8. The molecule has 0 aliphatic heterocycles. The van der Waals surface area contributed by atoms with Crippen molar-refractivity contribution in [2.24, 2.45) is 0 Å². The second-order valence-electron chi connectivity index (χ2n) is 4.24. The first-order valence-electron chi connectivity index (χ1n) is 5.58. The predicted octanol–water partition coefficient (Wildman–Crippen LogP) is 3.71. The first-order valence-corrected chi connectivity index (χ1v) is 6.65. The Hall–Kier alpha value is -0.240. The van der Waals surface area contributed by atoms with E-state index in [-0.39, 0.29) is 5.54 Å². The van der Waals surface area contributed by atoms with Crippen LogP contribution < -0.4 is 5.32 Å². The van der Waals surface area contributed by atoms with Crippen LogP contribution in [0.4, 0.5) is 0 Å². The van der Waals surface area contributed by atoms with Crippen molar-refractivity contribution in [2.45, 2.75) is 32.4 Å². The minimum absolute atomic E-state index is 0.145. The second kappa shape index (κ2) is 6.48. The highest BCUT2D eigenvalue weighted by Crippen LogP contribution is 2.16. The number of alkyl halides is 2. The van der Waals surface area contributed by atoms with Crippen LogP contribution in [0.1, 0.15) is 24.5 Å². The van der Waals surface area contributed by atoms with Gasteiger partial charge in [-0.3, -0.25) is 0 Å². The molecule has 90 valence electrons. The molecule has 0 heterocycles. The molecule has 0 amide bonds. The summed E-state index contributed by atoms with van der Waals surface area (Å²) in [4.78, 5) is 0. The van der Waals surface area contributed by atoms with E-state index in [0.717, 1.165) is 13.0 Å². The summed E-state index contributed by atoms with van der Waals surface area (Å²) in [6.45, 7) is 5.01. The Kier molecular flexibility index (Phi) is 5.60. The molecular formula is C13H19Cl2N. The Morgan fingerprint density at radius 3 is 2.12 bits per heavy atom. The van der Waals surface area contributed by atoms with Crippen LogP contribution in [0.3, 0.4) is 0 Å². The summed E-state index contributed by atoms with van der Waals surface area (Å²) in [5.41, 5.74) is 2.40. The van der Waals surface area contributed by atoms with Crippen molar-refractivity contribution in [1.82, 2.24) is 5.32 Å². The normalized spacial score (nSPS) is 11.8. The van der Waals surface area contributed by atoms with Crippen molar-refractivity contribution in [3.63, 3.8) is 0 Å². The molecule has 0 fully saturated rings. The van der Waals surface area contributed by atoms with Gasteiger partial charge in [0.25, 0.3) is 0 Å². The molecule has 1 nitrogen and oxygen atoms in total. The van der Waals surface area contributed by atoms with Gasteiger partial charge in [0.2, 0.25) is 0 Å². The van der Waals surface area contributed by atoms with E-state index < -0.39 is 0 Å². The third-order valence-electron chi connectivity index (χ3n) is 2.98. The highest BCUT2D eigenvalue weighted by atomic mass is 35.5. The van der Waals surface area contributed by atoms with Crippen LogP contribution in [0, 0.1) is 6.92 Å². The predicted molar refractivity (Wildman–Crippen MR) is 72.5 cm³/mol. The monoisotopic (exact) mass is 259 g/mol. The molecule has 1 rings (SSSR count). The maximum Gasteiger partial charge on any atom is 0.0453 e. The standard InChI is InChI=1S/C13H19Cl2N/c1-3-13(9-14,10-15)16-8-12-6-4-11(2)5-7-12/h4-7,16H,3,8-10H2,1-2H3. The summed E-state index contributed by atoms with van der Waals surface area (Å²) in [5.74, 6) is 1.08. The molecule has 0 aliphatic carbocycles. The first-order chi connectivity index (χ1) is 7.65. The lowest BCUT2D eigenvalue weighted by molar-refractivity contribution is 0.385. The number of benzene rings is 1. The molecule has 0 saturated heterocycles. The van der Waals surface area contributed by atoms with E-state index in [1.807, 2.05) is 0 Å². The minimum atomic E-state index is -0.145. The Balaban J connectivity index is 2.58. The lowest BCUT2D eigenvalue weighted by Crippen LogP contribution is -2.47. The lowest BCUT2D eigenvalue weighted by Gasteiger charge is -2.29. The molecule has 0 bridgehead atoms. The van der Waals surface area contributed by atoms with Crippen molar-refractivity contribution in [3.8, 4) is 0 Å². The van der Waals surface area contributed by atoms with E-state index in [0.29, 0.717) is 11.8 Å². The van der Waals surface area contributed by atoms with Gasteiger partial charge in [-0.25, -0.2) is 0 Å². The largest absolute Gasteiger partial charge is 0.305 e. The van der Waals surface area contributed by atoms with Gasteiger partial charge < -0.3 is 5.32 Å². The van der Waals surface area contributed by atoms with Crippen LogP contribution in [0.25, 0.3) is 0 Å². The van der Waals surface area contributed by atoms with E-state index >= 15 is 0 Å². The molecular weight excluding hydrogens is 241 g/mol. The summed E-state index contributed by atoms with van der Waals surface area (Å²) in [6.07, 6.45) is 0.936. The van der Waals surface area contributed by atoms with Crippen LogP contribution in [0.5, 0.6) is 0 Å². The molecule has 16 heavy (non-hydrogen) atoms. The molecule has 3 heteroatoms. The zero-order valence-corrected chi connectivity index (χ0v) is 11.4. The second-order valence-corrected chi connectivity index (χ2v) is 4.77. The summed E-state index contributed by atoms with van der Waals surface area (Å²) in [7, 11) is 0. The lowest BCUT2D eigenvalue weighted by atomic mass is 10.0. The fourth-order valence-electron chi connectivity index (χ4n) is 1.44. The van der Waals surface area contributed by atoms with Gasteiger partial charge in [-0.2, -0.15) is 0 Å². The van der Waals surface area contributed by atoms with Crippen molar-refractivity contribution >= 4 is 23.2 Å². The smallest absolute Gasteiger partial charge is 0.0453 e. The topological polar surface area (TPSA) is 12.0 Å². The Morgan fingerprint density at radius 1 is 1.12 bits per heavy atom. The Bertz CT molecular complexity index is 296. The minimum Gasteiger partial charge on any atom is -0.305 e. The zero-order chi connectivity index (χ0) is 12.0. The zero-order valence-electron chi connectivity index (χ0n) is 9.89. The molecule has 0 unspecified atom stereocenters. The third-order valence-corrected chi connectivity index (χ3v) is 4.00. The summed E-state index contributed by atoms with van der Waals surface area (Å²) in [6, 6.07) is 8.49.